The Hall–Kier alpha value is -6.10. The van der Waals surface area contributed by atoms with Crippen molar-refractivity contribution in [2.24, 2.45) is 0 Å². The van der Waals surface area contributed by atoms with E-state index in [0.29, 0.717) is 5.82 Å². The highest BCUT2D eigenvalue weighted by Crippen LogP contribution is 2.44. The van der Waals surface area contributed by atoms with Crippen molar-refractivity contribution in [3.63, 3.8) is 0 Å². The van der Waals surface area contributed by atoms with Gasteiger partial charge < -0.3 is 4.42 Å². The highest BCUT2D eigenvalue weighted by atomic mass is 32.1. The summed E-state index contributed by atoms with van der Waals surface area (Å²) < 4.78 is 9.14. The summed E-state index contributed by atoms with van der Waals surface area (Å²) in [6.45, 7) is 0. The molecule has 3 aromatic heterocycles. The number of fused-ring (bicyclic) bond motifs is 8. The molecule has 0 spiro atoms. The number of hydrogen-bond acceptors (Lipinski definition) is 4. The fourth-order valence-corrected chi connectivity index (χ4v) is 8.16. The highest BCUT2D eigenvalue weighted by Gasteiger charge is 2.21. The van der Waals surface area contributed by atoms with Crippen LogP contribution in [0.15, 0.2) is 162 Å². The summed E-state index contributed by atoms with van der Waals surface area (Å²) in [5.41, 5.74) is 10.3. The van der Waals surface area contributed by atoms with Gasteiger partial charge in [-0.05, 0) is 45.8 Å². The molecule has 0 saturated heterocycles. The van der Waals surface area contributed by atoms with Gasteiger partial charge in [-0.2, -0.15) is 0 Å². The molecule has 0 unspecified atom stereocenters. The molecule has 0 aliphatic rings. The molecule has 0 bridgehead atoms. The zero-order valence-corrected chi connectivity index (χ0v) is 26.5. The normalized spacial score (nSPS) is 11.8. The predicted octanol–water partition coefficient (Wildman–Crippen LogP) is 12.6. The first kappa shape index (κ1) is 27.1. The second-order valence-electron chi connectivity index (χ2n) is 12.1. The Balaban J connectivity index is 1.23. The molecular weight excluding hydrogens is 605 g/mol. The van der Waals surface area contributed by atoms with Crippen molar-refractivity contribution < 1.29 is 4.42 Å². The van der Waals surface area contributed by atoms with Gasteiger partial charge in [-0.15, -0.1) is 11.3 Å². The largest absolute Gasteiger partial charge is 0.455 e. The van der Waals surface area contributed by atoms with E-state index in [4.69, 9.17) is 14.4 Å². The van der Waals surface area contributed by atoms with Crippen LogP contribution >= 0.6 is 11.3 Å². The van der Waals surface area contributed by atoms with E-state index in [1.165, 1.54) is 32.3 Å². The lowest BCUT2D eigenvalue weighted by Gasteiger charge is -2.09. The van der Waals surface area contributed by atoms with Gasteiger partial charge in [0.1, 0.15) is 11.2 Å². The standard InChI is InChI=1S/C44H26N2OS/c1-3-12-27(13-4-1)28-22-24-30(25-23-28)39-43-40(34-18-9-10-21-38(34)48-43)46-44(45-39)35-20-11-19-33-37-26-36(29-14-5-2-6-15-29)31-16-7-8-17-32(31)42(37)47-41(33)35/h1-26H. The van der Waals surface area contributed by atoms with Crippen molar-refractivity contribution in [3.05, 3.63) is 158 Å². The molecule has 10 rings (SSSR count). The summed E-state index contributed by atoms with van der Waals surface area (Å²) in [5, 5.41) is 5.54. The average Bonchev–Trinajstić information content (AvgIpc) is 3.74. The Kier molecular flexibility index (Phi) is 6.05. The van der Waals surface area contributed by atoms with Crippen LogP contribution in [0.4, 0.5) is 0 Å². The van der Waals surface area contributed by atoms with Crippen LogP contribution in [0.25, 0.3) is 97.9 Å². The Morgan fingerprint density at radius 2 is 1.02 bits per heavy atom. The second-order valence-corrected chi connectivity index (χ2v) is 13.2. The lowest BCUT2D eigenvalue weighted by Crippen LogP contribution is -1.94. The maximum absolute atomic E-state index is 6.86. The van der Waals surface area contributed by atoms with Crippen LogP contribution in [-0.2, 0) is 0 Å². The average molecular weight is 631 g/mol. The Morgan fingerprint density at radius 3 is 1.81 bits per heavy atom. The highest BCUT2D eigenvalue weighted by molar-refractivity contribution is 7.26. The van der Waals surface area contributed by atoms with Gasteiger partial charge >= 0.3 is 0 Å². The van der Waals surface area contributed by atoms with E-state index < -0.39 is 0 Å². The van der Waals surface area contributed by atoms with Crippen LogP contribution in [0.5, 0.6) is 0 Å². The Labute approximate surface area is 280 Å². The van der Waals surface area contributed by atoms with Gasteiger partial charge in [0, 0.05) is 31.8 Å². The van der Waals surface area contributed by atoms with Gasteiger partial charge in [0.2, 0.25) is 0 Å². The topological polar surface area (TPSA) is 38.9 Å². The first-order chi connectivity index (χ1) is 23.8. The van der Waals surface area contributed by atoms with Crippen LogP contribution in [0.3, 0.4) is 0 Å². The maximum atomic E-state index is 6.86. The monoisotopic (exact) mass is 630 g/mol. The predicted molar refractivity (Wildman–Crippen MR) is 201 cm³/mol. The number of rotatable bonds is 4. The number of aromatic nitrogens is 2. The number of thiophene rings is 1. The van der Waals surface area contributed by atoms with Gasteiger partial charge in [0.05, 0.1) is 21.5 Å². The number of hydrogen-bond donors (Lipinski definition) is 0. The summed E-state index contributed by atoms with van der Waals surface area (Å²) in [6.07, 6.45) is 0. The van der Waals surface area contributed by atoms with Gasteiger partial charge in [-0.1, -0.05) is 140 Å². The molecule has 0 saturated carbocycles. The van der Waals surface area contributed by atoms with E-state index in [2.05, 4.69) is 152 Å². The number of benzene rings is 7. The smallest absolute Gasteiger partial charge is 0.164 e. The summed E-state index contributed by atoms with van der Waals surface area (Å²) >= 11 is 1.75. The summed E-state index contributed by atoms with van der Waals surface area (Å²) in [4.78, 5) is 10.6. The quantitative estimate of drug-likeness (QED) is 0.194. The molecular formula is C44H26N2OS. The molecule has 0 fully saturated rings. The SMILES string of the molecule is c1ccc(-c2ccc(-c3nc(-c4cccc5c4oc4c6ccccc6c(-c6ccccc6)cc54)nc4c3sc3ccccc34)cc2)cc1. The summed E-state index contributed by atoms with van der Waals surface area (Å²) in [5.74, 6) is 0.658. The van der Waals surface area contributed by atoms with E-state index in [-0.39, 0.29) is 0 Å². The minimum Gasteiger partial charge on any atom is -0.455 e. The molecule has 0 amide bonds. The van der Waals surface area contributed by atoms with Crippen LogP contribution in [0, 0.1) is 0 Å². The van der Waals surface area contributed by atoms with Crippen molar-refractivity contribution >= 4 is 64.4 Å². The lowest BCUT2D eigenvalue weighted by atomic mass is 9.95. The molecule has 3 nitrogen and oxygen atoms in total. The number of para-hydroxylation sites is 1. The molecule has 10 aromatic rings. The van der Waals surface area contributed by atoms with Crippen LogP contribution < -0.4 is 0 Å². The first-order valence-corrected chi connectivity index (χ1v) is 16.9. The van der Waals surface area contributed by atoms with E-state index in [9.17, 15) is 0 Å². The maximum Gasteiger partial charge on any atom is 0.164 e. The van der Waals surface area contributed by atoms with Crippen molar-refractivity contribution in [2.75, 3.05) is 0 Å². The molecule has 224 valence electrons. The zero-order chi connectivity index (χ0) is 31.6. The molecule has 0 atom stereocenters. The minimum atomic E-state index is 0.658. The minimum absolute atomic E-state index is 0.658. The third kappa shape index (κ3) is 4.20. The lowest BCUT2D eigenvalue weighted by molar-refractivity contribution is 0.673. The van der Waals surface area contributed by atoms with Crippen molar-refractivity contribution in [3.8, 4) is 44.9 Å². The van der Waals surface area contributed by atoms with Gasteiger partial charge in [0.25, 0.3) is 0 Å². The van der Waals surface area contributed by atoms with Crippen LogP contribution in [0.1, 0.15) is 0 Å². The second kappa shape index (κ2) is 10.7. The summed E-state index contributed by atoms with van der Waals surface area (Å²) in [7, 11) is 0. The van der Waals surface area contributed by atoms with Gasteiger partial charge in [0.15, 0.2) is 5.82 Å². The van der Waals surface area contributed by atoms with E-state index in [1.54, 1.807) is 11.3 Å². The molecule has 0 N–H and O–H groups in total. The third-order valence-electron chi connectivity index (χ3n) is 9.32. The molecule has 7 aromatic carbocycles. The first-order valence-electron chi connectivity index (χ1n) is 16.1. The molecule has 4 heteroatoms. The van der Waals surface area contributed by atoms with Gasteiger partial charge in [-0.3, -0.25) is 0 Å². The van der Waals surface area contributed by atoms with Crippen molar-refractivity contribution in [1.82, 2.24) is 9.97 Å². The number of nitrogens with zero attached hydrogens (tertiary/aromatic N) is 2. The van der Waals surface area contributed by atoms with E-state index >= 15 is 0 Å². The summed E-state index contributed by atoms with van der Waals surface area (Å²) in [6, 6.07) is 55.4. The molecule has 48 heavy (non-hydrogen) atoms. The Bertz CT molecular complexity index is 2820. The van der Waals surface area contributed by atoms with Crippen molar-refractivity contribution in [2.45, 2.75) is 0 Å². The molecule has 0 aliphatic heterocycles. The fraction of sp³-hybridized carbons (Fsp3) is 0. The van der Waals surface area contributed by atoms with E-state index in [0.717, 1.165) is 59.7 Å². The number of furan rings is 1. The van der Waals surface area contributed by atoms with E-state index in [1.807, 2.05) is 6.07 Å². The fourth-order valence-electron chi connectivity index (χ4n) is 7.01. The molecule has 0 radical (unpaired) electrons. The zero-order valence-electron chi connectivity index (χ0n) is 25.7. The molecule has 0 aliphatic carbocycles. The van der Waals surface area contributed by atoms with Crippen molar-refractivity contribution in [1.29, 1.82) is 0 Å². The van der Waals surface area contributed by atoms with Gasteiger partial charge in [-0.25, -0.2) is 9.97 Å². The van der Waals surface area contributed by atoms with Crippen LogP contribution in [0.2, 0.25) is 0 Å². The van der Waals surface area contributed by atoms with Crippen LogP contribution in [-0.4, -0.2) is 9.97 Å². The molecule has 3 heterocycles. The third-order valence-corrected chi connectivity index (χ3v) is 10.5. The Morgan fingerprint density at radius 1 is 0.417 bits per heavy atom.